The van der Waals surface area contributed by atoms with E-state index < -0.39 is 5.41 Å². The molecule has 2 aromatic rings. The van der Waals surface area contributed by atoms with Crippen molar-refractivity contribution in [2.75, 3.05) is 31.1 Å². The van der Waals surface area contributed by atoms with Gasteiger partial charge in [-0.3, -0.25) is 9.59 Å². The highest BCUT2D eigenvalue weighted by Gasteiger charge is 2.58. The second-order valence-electron chi connectivity index (χ2n) is 7.32. The molecule has 2 aliphatic rings. The predicted molar refractivity (Wildman–Crippen MR) is 103 cm³/mol. The van der Waals surface area contributed by atoms with Gasteiger partial charge in [0, 0.05) is 44.5 Å². The first-order chi connectivity index (χ1) is 13.6. The largest absolute Gasteiger partial charge is 0.353 e. The molecule has 28 heavy (non-hydrogen) atoms. The van der Waals surface area contributed by atoms with Crippen LogP contribution in [-0.2, 0) is 16.1 Å². The van der Waals surface area contributed by atoms with Gasteiger partial charge in [-0.15, -0.1) is 0 Å². The number of amides is 2. The normalized spacial score (nSPS) is 17.9. The van der Waals surface area contributed by atoms with E-state index in [-0.39, 0.29) is 24.2 Å². The Kier molecular flexibility index (Phi) is 4.98. The van der Waals surface area contributed by atoms with E-state index in [1.54, 1.807) is 29.3 Å². The van der Waals surface area contributed by atoms with Crippen LogP contribution in [0.1, 0.15) is 18.4 Å². The minimum absolute atomic E-state index is 0.0913. The van der Waals surface area contributed by atoms with E-state index >= 15 is 0 Å². The Labute approximate surface area is 163 Å². The standard InChI is InChI=1S/C21H23FN4O2/c22-17-6-2-1-5-16(17)15-24-19(27)21(8-9-21)20(28)26-13-11-25(12-14-26)18-7-3-4-10-23-18/h1-7,10H,8-9,11-15H2,(H,24,27). The SMILES string of the molecule is O=C(NCc1ccccc1F)C1(C(=O)N2CCN(c3ccccn3)CC2)CC1. The molecule has 0 radical (unpaired) electrons. The molecule has 1 aliphatic heterocycles. The molecule has 7 heteroatoms. The number of piperazine rings is 1. The quantitative estimate of drug-likeness (QED) is 0.803. The summed E-state index contributed by atoms with van der Waals surface area (Å²) in [6.07, 6.45) is 2.86. The number of hydrogen-bond acceptors (Lipinski definition) is 4. The minimum Gasteiger partial charge on any atom is -0.353 e. The van der Waals surface area contributed by atoms with Crippen molar-refractivity contribution in [1.82, 2.24) is 15.2 Å². The zero-order valence-electron chi connectivity index (χ0n) is 15.6. The number of anilines is 1. The van der Waals surface area contributed by atoms with Crippen LogP contribution in [0.5, 0.6) is 0 Å². The third-order valence-corrected chi connectivity index (χ3v) is 5.53. The zero-order chi connectivity index (χ0) is 19.6. The summed E-state index contributed by atoms with van der Waals surface area (Å²) in [6, 6.07) is 12.1. The highest BCUT2D eigenvalue weighted by atomic mass is 19.1. The second kappa shape index (κ2) is 7.58. The Morgan fingerprint density at radius 1 is 1.04 bits per heavy atom. The van der Waals surface area contributed by atoms with E-state index in [0.717, 1.165) is 5.82 Å². The molecular weight excluding hydrogens is 359 g/mol. The Balaban J connectivity index is 1.34. The summed E-state index contributed by atoms with van der Waals surface area (Å²) >= 11 is 0. The van der Waals surface area contributed by atoms with Crippen molar-refractivity contribution in [3.05, 3.63) is 60.0 Å². The number of pyridine rings is 1. The van der Waals surface area contributed by atoms with Gasteiger partial charge in [0.1, 0.15) is 17.1 Å². The van der Waals surface area contributed by atoms with Gasteiger partial charge in [-0.2, -0.15) is 0 Å². The number of hydrogen-bond donors (Lipinski definition) is 1. The predicted octanol–water partition coefficient (Wildman–Crippen LogP) is 1.97. The van der Waals surface area contributed by atoms with Gasteiger partial charge in [0.15, 0.2) is 0 Å². The van der Waals surface area contributed by atoms with Gasteiger partial charge < -0.3 is 15.1 Å². The second-order valence-corrected chi connectivity index (χ2v) is 7.32. The monoisotopic (exact) mass is 382 g/mol. The van der Waals surface area contributed by atoms with Gasteiger partial charge in [-0.1, -0.05) is 24.3 Å². The van der Waals surface area contributed by atoms with Crippen LogP contribution < -0.4 is 10.2 Å². The maximum absolute atomic E-state index is 13.7. The van der Waals surface area contributed by atoms with Crippen molar-refractivity contribution in [2.24, 2.45) is 5.41 Å². The molecule has 6 nitrogen and oxygen atoms in total. The average Bonchev–Trinajstić information content (AvgIpc) is 3.55. The number of carbonyl (C=O) groups is 2. The Morgan fingerprint density at radius 2 is 1.75 bits per heavy atom. The zero-order valence-corrected chi connectivity index (χ0v) is 15.6. The lowest BCUT2D eigenvalue weighted by Gasteiger charge is -2.36. The fourth-order valence-electron chi connectivity index (χ4n) is 3.63. The summed E-state index contributed by atoms with van der Waals surface area (Å²) in [5.41, 5.74) is -0.554. The smallest absolute Gasteiger partial charge is 0.238 e. The topological polar surface area (TPSA) is 65.5 Å². The van der Waals surface area contributed by atoms with Crippen LogP contribution in [0.25, 0.3) is 0 Å². The van der Waals surface area contributed by atoms with Gasteiger partial charge in [0.05, 0.1) is 0 Å². The summed E-state index contributed by atoms with van der Waals surface area (Å²) in [5.74, 6) is 0.134. The lowest BCUT2D eigenvalue weighted by Crippen LogP contribution is -2.53. The van der Waals surface area contributed by atoms with Crippen LogP contribution in [0.2, 0.25) is 0 Å². The maximum atomic E-state index is 13.7. The summed E-state index contributed by atoms with van der Waals surface area (Å²) < 4.78 is 13.7. The summed E-state index contributed by atoms with van der Waals surface area (Å²) in [5, 5.41) is 2.75. The van der Waals surface area contributed by atoms with Crippen LogP contribution in [0.4, 0.5) is 10.2 Å². The molecule has 0 bridgehead atoms. The molecule has 1 aromatic heterocycles. The third-order valence-electron chi connectivity index (χ3n) is 5.53. The molecule has 1 aliphatic carbocycles. The van der Waals surface area contributed by atoms with Crippen LogP contribution in [-0.4, -0.2) is 47.9 Å². The lowest BCUT2D eigenvalue weighted by atomic mass is 10.0. The van der Waals surface area contributed by atoms with Crippen LogP contribution in [0.3, 0.4) is 0 Å². The lowest BCUT2D eigenvalue weighted by molar-refractivity contribution is -0.144. The van der Waals surface area contributed by atoms with Gasteiger partial charge in [0.2, 0.25) is 11.8 Å². The highest BCUT2D eigenvalue weighted by molar-refractivity contribution is 6.07. The van der Waals surface area contributed by atoms with Crippen molar-refractivity contribution >= 4 is 17.6 Å². The molecule has 0 unspecified atom stereocenters. The van der Waals surface area contributed by atoms with Crippen LogP contribution >= 0.6 is 0 Å². The molecule has 1 N–H and O–H groups in total. The van der Waals surface area contributed by atoms with Crippen molar-refractivity contribution in [3.63, 3.8) is 0 Å². The molecule has 1 aromatic carbocycles. The van der Waals surface area contributed by atoms with Crippen molar-refractivity contribution < 1.29 is 14.0 Å². The number of halogens is 1. The molecular formula is C21H23FN4O2. The van der Waals surface area contributed by atoms with Crippen molar-refractivity contribution in [1.29, 1.82) is 0 Å². The molecule has 146 valence electrons. The van der Waals surface area contributed by atoms with E-state index in [0.29, 0.717) is 44.6 Å². The summed E-state index contributed by atoms with van der Waals surface area (Å²) in [6.45, 7) is 2.61. The van der Waals surface area contributed by atoms with Gasteiger partial charge in [0.25, 0.3) is 0 Å². The highest BCUT2D eigenvalue weighted by Crippen LogP contribution is 2.47. The number of carbonyl (C=O) groups excluding carboxylic acids is 2. The Hall–Kier alpha value is -2.96. The van der Waals surface area contributed by atoms with Gasteiger partial charge in [-0.05, 0) is 31.0 Å². The van der Waals surface area contributed by atoms with E-state index in [1.807, 2.05) is 18.2 Å². The number of nitrogens with one attached hydrogen (secondary N) is 1. The number of rotatable bonds is 5. The van der Waals surface area contributed by atoms with Gasteiger partial charge in [-0.25, -0.2) is 9.37 Å². The van der Waals surface area contributed by atoms with Crippen LogP contribution in [0, 0.1) is 11.2 Å². The number of nitrogens with zero attached hydrogens (tertiary/aromatic N) is 3. The molecule has 2 heterocycles. The molecule has 1 saturated carbocycles. The first-order valence-electron chi connectivity index (χ1n) is 9.57. The molecule has 1 saturated heterocycles. The maximum Gasteiger partial charge on any atom is 0.238 e. The number of benzene rings is 1. The Morgan fingerprint density at radius 3 is 2.39 bits per heavy atom. The minimum atomic E-state index is -0.974. The van der Waals surface area contributed by atoms with Gasteiger partial charge >= 0.3 is 0 Å². The Bertz CT molecular complexity index is 862. The molecule has 0 atom stereocenters. The van der Waals surface area contributed by atoms with E-state index in [4.69, 9.17) is 0 Å². The van der Waals surface area contributed by atoms with E-state index in [9.17, 15) is 14.0 Å². The fraction of sp³-hybridized carbons (Fsp3) is 0.381. The summed E-state index contributed by atoms with van der Waals surface area (Å²) in [7, 11) is 0. The van der Waals surface area contributed by atoms with E-state index in [1.165, 1.54) is 6.07 Å². The third kappa shape index (κ3) is 3.56. The first kappa shape index (κ1) is 18.4. The molecule has 0 spiro atoms. The van der Waals surface area contributed by atoms with E-state index in [2.05, 4.69) is 15.2 Å². The molecule has 4 rings (SSSR count). The summed E-state index contributed by atoms with van der Waals surface area (Å²) in [4.78, 5) is 33.9. The first-order valence-corrected chi connectivity index (χ1v) is 9.57. The van der Waals surface area contributed by atoms with Crippen molar-refractivity contribution in [2.45, 2.75) is 19.4 Å². The van der Waals surface area contributed by atoms with Crippen LogP contribution in [0.15, 0.2) is 48.7 Å². The molecule has 2 amide bonds. The fourth-order valence-corrected chi connectivity index (χ4v) is 3.63. The number of aromatic nitrogens is 1. The average molecular weight is 382 g/mol. The molecule has 2 fully saturated rings. The van der Waals surface area contributed by atoms with Crippen molar-refractivity contribution in [3.8, 4) is 0 Å².